The van der Waals surface area contributed by atoms with Gasteiger partial charge in [0.25, 0.3) is 0 Å². The Bertz CT molecular complexity index is 1610. The molecule has 9 heteroatoms. The quantitative estimate of drug-likeness (QED) is 0.0733. The summed E-state index contributed by atoms with van der Waals surface area (Å²) in [6.45, 7) is 4.32. The van der Waals surface area contributed by atoms with Crippen molar-refractivity contribution in [1.29, 1.82) is 0 Å². The van der Waals surface area contributed by atoms with Gasteiger partial charge < -0.3 is 9.47 Å². The van der Waals surface area contributed by atoms with Crippen molar-refractivity contribution in [2.45, 2.75) is 44.4 Å². The molecule has 0 atom stereocenters. The molecule has 4 aromatic rings. The number of hydrogen-bond acceptors (Lipinski definition) is 8. The van der Waals surface area contributed by atoms with Crippen molar-refractivity contribution in [2.24, 2.45) is 0 Å². The van der Waals surface area contributed by atoms with E-state index in [0.717, 1.165) is 49.9 Å². The van der Waals surface area contributed by atoms with Gasteiger partial charge in [0.15, 0.2) is 0 Å². The van der Waals surface area contributed by atoms with Gasteiger partial charge in [-0.25, -0.2) is 19.2 Å². The number of carbonyl (C=O) groups excluding carboxylic acids is 4. The van der Waals surface area contributed by atoms with Crippen LogP contribution in [0.3, 0.4) is 0 Å². The van der Waals surface area contributed by atoms with Gasteiger partial charge in [0, 0.05) is 20.1 Å². The molecule has 0 aliphatic carbocycles. The lowest BCUT2D eigenvalue weighted by Crippen LogP contribution is -2.19. The summed E-state index contributed by atoms with van der Waals surface area (Å²) in [5.74, 6) is -0.195. The Hall–Kier alpha value is -3.14. The number of benzene rings is 4. The number of thioether (sulfide) groups is 1. The normalized spacial score (nSPS) is 13.2. The number of esters is 4. The Morgan fingerprint density at radius 3 is 1.66 bits per heavy atom. The number of thiol groups is 1. The molecule has 41 heavy (non-hydrogen) atoms. The molecular weight excluding hydrogens is 624 g/mol. The largest absolute Gasteiger partial charge is 0.386 e. The molecule has 0 bridgehead atoms. The third kappa shape index (κ3) is 6.68. The lowest BCUT2D eigenvalue weighted by molar-refractivity contribution is 0.0373. The molecule has 2 heterocycles. The molecular formula is C32H29BrO6S2. The van der Waals surface area contributed by atoms with Crippen LogP contribution in [0.2, 0.25) is 0 Å². The van der Waals surface area contributed by atoms with E-state index in [-0.39, 0.29) is 0 Å². The predicted molar refractivity (Wildman–Crippen MR) is 169 cm³/mol. The van der Waals surface area contributed by atoms with Crippen LogP contribution in [-0.4, -0.2) is 35.4 Å². The number of carbonyl (C=O) groups is 4. The van der Waals surface area contributed by atoms with Crippen LogP contribution in [-0.2, 0) is 9.47 Å². The highest BCUT2D eigenvalue weighted by atomic mass is 79.9. The molecule has 0 unspecified atom stereocenters. The van der Waals surface area contributed by atoms with Crippen LogP contribution < -0.4 is 0 Å². The van der Waals surface area contributed by atoms with E-state index in [9.17, 15) is 19.2 Å². The standard InChI is InChI=1S/C16H14O3S.C12H5BrO3.C4H10S/c1-2-3-9-20-13-8-7-12-14-10(13)5-4-6-11(14)15(17)19-16(12)18;13-9-5-4-8-10-6(9)2-1-3-7(10)11(14)16-12(8)15;1-2-3-4-5/h4-8H,2-3,9H2,1H3;1-5H;5H,2-4H2,1H3. The van der Waals surface area contributed by atoms with E-state index in [2.05, 4.69) is 47.1 Å². The Labute approximate surface area is 256 Å². The van der Waals surface area contributed by atoms with Crippen molar-refractivity contribution in [1.82, 2.24) is 0 Å². The first-order valence-electron chi connectivity index (χ1n) is 13.4. The monoisotopic (exact) mass is 652 g/mol. The van der Waals surface area contributed by atoms with Gasteiger partial charge >= 0.3 is 23.9 Å². The van der Waals surface area contributed by atoms with Crippen LogP contribution in [0, 0.1) is 0 Å². The second-order valence-electron chi connectivity index (χ2n) is 9.30. The van der Waals surface area contributed by atoms with Gasteiger partial charge in [0.1, 0.15) is 0 Å². The first-order chi connectivity index (χ1) is 19.8. The van der Waals surface area contributed by atoms with Crippen molar-refractivity contribution in [3.63, 3.8) is 0 Å². The third-order valence-corrected chi connectivity index (χ3v) is 8.67. The summed E-state index contributed by atoms with van der Waals surface area (Å²) in [6.07, 6.45) is 4.82. The van der Waals surface area contributed by atoms with E-state index < -0.39 is 23.9 Å². The summed E-state index contributed by atoms with van der Waals surface area (Å²) in [7, 11) is 0. The molecule has 4 aromatic carbocycles. The van der Waals surface area contributed by atoms with Crippen molar-refractivity contribution >= 4 is 85.7 Å². The first kappa shape index (κ1) is 30.8. The Kier molecular flexibility index (Phi) is 10.6. The number of rotatable bonds is 6. The lowest BCUT2D eigenvalue weighted by Gasteiger charge is -2.17. The molecule has 0 N–H and O–H groups in total. The van der Waals surface area contributed by atoms with Crippen molar-refractivity contribution in [3.05, 3.63) is 87.4 Å². The van der Waals surface area contributed by atoms with Crippen LogP contribution in [0.25, 0.3) is 21.5 Å². The second kappa shape index (κ2) is 14.2. The molecule has 2 aliphatic rings. The van der Waals surface area contributed by atoms with E-state index in [0.29, 0.717) is 27.6 Å². The van der Waals surface area contributed by atoms with Crippen molar-refractivity contribution in [3.8, 4) is 0 Å². The average Bonchev–Trinajstić information content (AvgIpc) is 2.97. The summed E-state index contributed by atoms with van der Waals surface area (Å²) < 4.78 is 10.3. The number of cyclic esters (lactones) is 4. The van der Waals surface area contributed by atoms with E-state index >= 15 is 0 Å². The molecule has 6 nitrogen and oxygen atoms in total. The molecule has 0 saturated carbocycles. The van der Waals surface area contributed by atoms with E-state index in [1.54, 1.807) is 48.2 Å². The number of ether oxygens (including phenoxy) is 2. The molecule has 0 amide bonds. The minimum absolute atomic E-state index is 0.438. The summed E-state index contributed by atoms with van der Waals surface area (Å²) >= 11 is 9.16. The maximum Gasteiger partial charge on any atom is 0.346 e. The molecule has 0 radical (unpaired) electrons. The molecule has 0 saturated heterocycles. The minimum atomic E-state index is -0.582. The van der Waals surface area contributed by atoms with E-state index in [1.165, 1.54) is 12.8 Å². The molecule has 0 fully saturated rings. The second-order valence-corrected chi connectivity index (χ2v) is 11.7. The Morgan fingerprint density at radius 1 is 0.659 bits per heavy atom. The fraction of sp³-hybridized carbons (Fsp3) is 0.250. The van der Waals surface area contributed by atoms with Crippen LogP contribution in [0.4, 0.5) is 0 Å². The predicted octanol–water partition coefficient (Wildman–Crippen LogP) is 8.67. The number of hydrogen-bond donors (Lipinski definition) is 1. The van der Waals surface area contributed by atoms with Crippen LogP contribution in [0.5, 0.6) is 0 Å². The minimum Gasteiger partial charge on any atom is -0.386 e. The highest BCUT2D eigenvalue weighted by molar-refractivity contribution is 9.10. The van der Waals surface area contributed by atoms with Crippen molar-refractivity contribution in [2.75, 3.05) is 11.5 Å². The van der Waals surface area contributed by atoms with E-state index in [1.807, 2.05) is 24.3 Å². The van der Waals surface area contributed by atoms with Gasteiger partial charge in [-0.2, -0.15) is 12.6 Å². The zero-order chi connectivity index (χ0) is 29.5. The fourth-order valence-electron chi connectivity index (χ4n) is 4.43. The smallest absolute Gasteiger partial charge is 0.346 e. The summed E-state index contributed by atoms with van der Waals surface area (Å²) in [5.41, 5.74) is 1.84. The van der Waals surface area contributed by atoms with Gasteiger partial charge in [0.2, 0.25) is 0 Å². The Balaban J connectivity index is 0.000000165. The van der Waals surface area contributed by atoms with Crippen molar-refractivity contribution < 1.29 is 28.7 Å². The van der Waals surface area contributed by atoms with Crippen LogP contribution in [0.1, 0.15) is 81.0 Å². The van der Waals surface area contributed by atoms with Crippen LogP contribution in [0.15, 0.2) is 70.0 Å². The molecule has 2 aliphatic heterocycles. The third-order valence-electron chi connectivity index (χ3n) is 6.51. The van der Waals surface area contributed by atoms with Gasteiger partial charge in [-0.1, -0.05) is 66.9 Å². The summed E-state index contributed by atoms with van der Waals surface area (Å²) in [6, 6.07) is 17.9. The highest BCUT2D eigenvalue weighted by Gasteiger charge is 2.28. The molecule has 0 aromatic heterocycles. The first-order valence-corrected chi connectivity index (χ1v) is 15.8. The van der Waals surface area contributed by atoms with E-state index in [4.69, 9.17) is 4.74 Å². The average molecular weight is 654 g/mol. The summed E-state index contributed by atoms with van der Waals surface area (Å²) in [4.78, 5) is 47.8. The van der Waals surface area contributed by atoms with Crippen LogP contribution >= 0.6 is 40.3 Å². The van der Waals surface area contributed by atoms with Gasteiger partial charge in [-0.05, 0) is 71.5 Å². The summed E-state index contributed by atoms with van der Waals surface area (Å²) in [5, 5.41) is 3.21. The fourth-order valence-corrected chi connectivity index (χ4v) is 6.35. The maximum atomic E-state index is 11.8. The molecule has 6 rings (SSSR count). The zero-order valence-electron chi connectivity index (χ0n) is 22.7. The van der Waals surface area contributed by atoms with Gasteiger partial charge in [0.05, 0.1) is 22.3 Å². The Morgan fingerprint density at radius 2 is 1.15 bits per heavy atom. The molecule has 212 valence electrons. The number of halogens is 1. The zero-order valence-corrected chi connectivity index (χ0v) is 26.0. The van der Waals surface area contributed by atoms with Gasteiger partial charge in [-0.3, -0.25) is 0 Å². The topological polar surface area (TPSA) is 86.7 Å². The maximum absolute atomic E-state index is 11.8. The number of unbranched alkanes of at least 4 members (excludes halogenated alkanes) is 2. The highest BCUT2D eigenvalue weighted by Crippen LogP contribution is 2.36. The lowest BCUT2D eigenvalue weighted by atomic mass is 9.97. The van der Waals surface area contributed by atoms with Gasteiger partial charge in [-0.15, -0.1) is 11.8 Å². The molecule has 0 spiro atoms. The SMILES string of the molecule is CCCCS.CCCCSc1ccc2c3c(cccc13)C(=O)OC2=O.O=C1OC(=O)c2ccc(Br)c3cccc1c23.